The van der Waals surface area contributed by atoms with Crippen LogP contribution in [0.15, 0.2) is 36.7 Å². The number of ether oxygens (including phenoxy) is 1. The molecule has 0 amide bonds. The molecule has 2 N–H and O–H groups in total. The molecule has 1 unspecified atom stereocenters. The molecule has 138 valence electrons. The Morgan fingerprint density at radius 3 is 2.77 bits per heavy atom. The highest BCUT2D eigenvalue weighted by atomic mass is 32.2. The molecule has 2 aromatic rings. The summed E-state index contributed by atoms with van der Waals surface area (Å²) in [4.78, 5) is 20.3. The van der Waals surface area contributed by atoms with Gasteiger partial charge in [0.15, 0.2) is 9.84 Å². The number of hydrogen-bond donors (Lipinski definition) is 2. The van der Waals surface area contributed by atoms with Crippen molar-refractivity contribution in [2.45, 2.75) is 19.4 Å². The highest BCUT2D eigenvalue weighted by Gasteiger charge is 2.28. The maximum absolute atomic E-state index is 12.0. The van der Waals surface area contributed by atoms with Gasteiger partial charge in [0.25, 0.3) is 0 Å². The molecule has 26 heavy (non-hydrogen) atoms. The zero-order valence-corrected chi connectivity index (χ0v) is 15.1. The van der Waals surface area contributed by atoms with E-state index in [4.69, 9.17) is 4.74 Å². The molecular weight excluding hydrogens is 356 g/mol. The van der Waals surface area contributed by atoms with Gasteiger partial charge in [-0.05, 0) is 25.5 Å². The fourth-order valence-corrected chi connectivity index (χ4v) is 4.41. The Kier molecular flexibility index (Phi) is 5.36. The van der Waals surface area contributed by atoms with Gasteiger partial charge < -0.3 is 15.4 Å². The molecule has 1 saturated heterocycles. The number of benzene rings is 1. The summed E-state index contributed by atoms with van der Waals surface area (Å²) in [6, 6.07) is 8.50. The Morgan fingerprint density at radius 1 is 1.27 bits per heavy atom. The highest BCUT2D eigenvalue weighted by molar-refractivity contribution is 7.91. The SMILES string of the molecule is CCOC(=O)c1ccccc1Nc1cc(NC2CCS(=O)(=O)C2)ncn1. The molecule has 3 rings (SSSR count). The molecule has 2 heterocycles. The summed E-state index contributed by atoms with van der Waals surface area (Å²) in [6.07, 6.45) is 1.93. The summed E-state index contributed by atoms with van der Waals surface area (Å²) < 4.78 is 28.2. The molecule has 1 aromatic heterocycles. The number of carbonyl (C=O) groups excluding carboxylic acids is 1. The number of carbonyl (C=O) groups is 1. The maximum atomic E-state index is 12.0. The van der Waals surface area contributed by atoms with Gasteiger partial charge in [-0.25, -0.2) is 23.2 Å². The average Bonchev–Trinajstić information content (AvgIpc) is 2.94. The number of aromatic nitrogens is 2. The molecule has 8 nitrogen and oxygen atoms in total. The van der Waals surface area contributed by atoms with Gasteiger partial charge in [-0.3, -0.25) is 0 Å². The summed E-state index contributed by atoms with van der Waals surface area (Å²) in [5.41, 5.74) is 0.975. The Morgan fingerprint density at radius 2 is 2.04 bits per heavy atom. The zero-order valence-electron chi connectivity index (χ0n) is 14.3. The van der Waals surface area contributed by atoms with Crippen LogP contribution in [-0.4, -0.2) is 48.5 Å². The van der Waals surface area contributed by atoms with Crippen molar-refractivity contribution in [3.8, 4) is 0 Å². The molecule has 1 aromatic carbocycles. The van der Waals surface area contributed by atoms with Crippen LogP contribution in [0.25, 0.3) is 0 Å². The van der Waals surface area contributed by atoms with E-state index in [1.54, 1.807) is 37.3 Å². The zero-order chi connectivity index (χ0) is 18.6. The molecular formula is C17H20N4O4S. The third-order valence-electron chi connectivity index (χ3n) is 3.94. The van der Waals surface area contributed by atoms with E-state index in [1.807, 2.05) is 0 Å². The fraction of sp³-hybridized carbons (Fsp3) is 0.353. The maximum Gasteiger partial charge on any atom is 0.340 e. The summed E-state index contributed by atoms with van der Waals surface area (Å²) in [5.74, 6) is 0.886. The van der Waals surface area contributed by atoms with Crippen LogP contribution < -0.4 is 10.6 Å². The number of anilines is 3. The molecule has 0 radical (unpaired) electrons. The van der Waals surface area contributed by atoms with E-state index >= 15 is 0 Å². The molecule has 1 fully saturated rings. The summed E-state index contributed by atoms with van der Waals surface area (Å²) in [7, 11) is -2.97. The van der Waals surface area contributed by atoms with Gasteiger partial charge in [0.2, 0.25) is 0 Å². The van der Waals surface area contributed by atoms with Crippen molar-refractivity contribution < 1.29 is 17.9 Å². The molecule has 1 aliphatic heterocycles. The van der Waals surface area contributed by atoms with Crippen LogP contribution in [0, 0.1) is 0 Å². The number of sulfone groups is 1. The van der Waals surface area contributed by atoms with E-state index in [2.05, 4.69) is 20.6 Å². The topological polar surface area (TPSA) is 110 Å². The molecule has 0 aliphatic carbocycles. The van der Waals surface area contributed by atoms with Gasteiger partial charge >= 0.3 is 5.97 Å². The molecule has 9 heteroatoms. The second kappa shape index (κ2) is 7.69. The quantitative estimate of drug-likeness (QED) is 0.737. The van der Waals surface area contributed by atoms with Gasteiger partial charge in [-0.2, -0.15) is 0 Å². The van der Waals surface area contributed by atoms with Crippen LogP contribution in [0.2, 0.25) is 0 Å². The Balaban J connectivity index is 1.74. The Bertz CT molecular complexity index is 901. The minimum Gasteiger partial charge on any atom is -0.462 e. The predicted molar refractivity (Wildman–Crippen MR) is 98.4 cm³/mol. The van der Waals surface area contributed by atoms with Crippen molar-refractivity contribution in [3.63, 3.8) is 0 Å². The number of para-hydroxylation sites is 1. The standard InChI is InChI=1S/C17H20N4O4S/c1-2-25-17(22)13-5-3-4-6-14(13)21-16-9-15(18-11-19-16)20-12-7-8-26(23,24)10-12/h3-6,9,11-12H,2,7-8,10H2,1H3,(H2,18,19,20,21). The van der Waals surface area contributed by atoms with E-state index in [1.165, 1.54) is 6.33 Å². The van der Waals surface area contributed by atoms with Gasteiger partial charge in [-0.1, -0.05) is 12.1 Å². The number of hydrogen-bond acceptors (Lipinski definition) is 8. The lowest BCUT2D eigenvalue weighted by Gasteiger charge is -2.13. The largest absolute Gasteiger partial charge is 0.462 e. The van der Waals surface area contributed by atoms with Crippen LogP contribution in [0.4, 0.5) is 17.3 Å². The third-order valence-corrected chi connectivity index (χ3v) is 5.70. The number of esters is 1. The summed E-state index contributed by atoms with van der Waals surface area (Å²) >= 11 is 0. The van der Waals surface area contributed by atoms with Crippen molar-refractivity contribution in [1.82, 2.24) is 9.97 Å². The number of nitrogens with one attached hydrogen (secondary N) is 2. The van der Waals surface area contributed by atoms with Gasteiger partial charge in [0.1, 0.15) is 18.0 Å². The summed E-state index contributed by atoms with van der Waals surface area (Å²) in [6.45, 7) is 2.04. The molecule has 0 bridgehead atoms. The van der Waals surface area contributed by atoms with Crippen LogP contribution >= 0.6 is 0 Å². The average molecular weight is 376 g/mol. The van der Waals surface area contributed by atoms with Crippen LogP contribution in [0.5, 0.6) is 0 Å². The predicted octanol–water partition coefficient (Wildman–Crippen LogP) is 2.00. The fourth-order valence-electron chi connectivity index (χ4n) is 2.74. The minimum absolute atomic E-state index is 0.103. The number of nitrogens with zero attached hydrogens (tertiary/aromatic N) is 2. The van der Waals surface area contributed by atoms with E-state index in [0.29, 0.717) is 35.9 Å². The van der Waals surface area contributed by atoms with Crippen molar-refractivity contribution in [2.24, 2.45) is 0 Å². The van der Waals surface area contributed by atoms with Gasteiger partial charge in [-0.15, -0.1) is 0 Å². The molecule has 1 atom stereocenters. The number of rotatable bonds is 6. The summed E-state index contributed by atoms with van der Waals surface area (Å²) in [5, 5.41) is 6.20. The van der Waals surface area contributed by atoms with E-state index in [9.17, 15) is 13.2 Å². The van der Waals surface area contributed by atoms with E-state index < -0.39 is 15.8 Å². The monoisotopic (exact) mass is 376 g/mol. The normalized spacial score (nSPS) is 18.3. The van der Waals surface area contributed by atoms with Crippen molar-refractivity contribution >= 4 is 33.1 Å². The third kappa shape index (κ3) is 4.48. The molecule has 0 spiro atoms. The van der Waals surface area contributed by atoms with Crippen LogP contribution in [0.1, 0.15) is 23.7 Å². The van der Waals surface area contributed by atoms with E-state index in [0.717, 1.165) is 0 Å². The van der Waals surface area contributed by atoms with Gasteiger partial charge in [0.05, 0.1) is 29.4 Å². The van der Waals surface area contributed by atoms with Crippen molar-refractivity contribution in [3.05, 3.63) is 42.2 Å². The first kappa shape index (κ1) is 18.1. The first-order chi connectivity index (χ1) is 12.5. The Hall–Kier alpha value is -2.68. The van der Waals surface area contributed by atoms with Crippen LogP contribution in [0.3, 0.4) is 0 Å². The van der Waals surface area contributed by atoms with Crippen molar-refractivity contribution in [1.29, 1.82) is 0 Å². The second-order valence-corrected chi connectivity index (χ2v) is 8.15. The molecule has 1 aliphatic rings. The lowest BCUT2D eigenvalue weighted by molar-refractivity contribution is 0.0527. The molecule has 0 saturated carbocycles. The van der Waals surface area contributed by atoms with Crippen LogP contribution in [-0.2, 0) is 14.6 Å². The smallest absolute Gasteiger partial charge is 0.340 e. The first-order valence-corrected chi connectivity index (χ1v) is 10.1. The lowest BCUT2D eigenvalue weighted by Crippen LogP contribution is -2.21. The minimum atomic E-state index is -2.97. The van der Waals surface area contributed by atoms with Gasteiger partial charge in [0, 0.05) is 12.1 Å². The highest BCUT2D eigenvalue weighted by Crippen LogP contribution is 2.22. The Labute approximate surface area is 151 Å². The first-order valence-electron chi connectivity index (χ1n) is 8.29. The van der Waals surface area contributed by atoms with Crippen molar-refractivity contribution in [2.75, 3.05) is 28.7 Å². The lowest BCUT2D eigenvalue weighted by atomic mass is 10.2. The van der Waals surface area contributed by atoms with E-state index in [-0.39, 0.29) is 17.5 Å². The second-order valence-electron chi connectivity index (χ2n) is 5.92.